The molecule has 3 aromatic carbocycles. The largest absolute Gasteiger partial charge is 0.432 e. The number of ether oxygens (including phenoxy) is 3. The lowest BCUT2D eigenvalue weighted by Gasteiger charge is -2.27. The molecule has 1 aliphatic heterocycles. The van der Waals surface area contributed by atoms with Gasteiger partial charge in [-0.25, -0.2) is 26.3 Å². The third kappa shape index (κ3) is 6.07. The molecule has 0 radical (unpaired) electrons. The van der Waals surface area contributed by atoms with Crippen LogP contribution in [0, 0.1) is 40.8 Å². The van der Waals surface area contributed by atoms with Gasteiger partial charge in [0, 0.05) is 18.7 Å². The Morgan fingerprint density at radius 3 is 1.85 bits per heavy atom. The van der Waals surface area contributed by atoms with Crippen molar-refractivity contribution in [2.45, 2.75) is 38.6 Å². The minimum Gasteiger partial charge on any atom is -0.429 e. The number of halogens is 10. The maximum absolute atomic E-state index is 14.9. The second-order valence-corrected chi connectivity index (χ2v) is 8.89. The van der Waals surface area contributed by atoms with E-state index in [4.69, 9.17) is 4.74 Å². The molecule has 210 valence electrons. The van der Waals surface area contributed by atoms with Gasteiger partial charge < -0.3 is 14.2 Å². The van der Waals surface area contributed by atoms with E-state index in [1.807, 2.05) is 6.92 Å². The average molecular weight is 568 g/mol. The van der Waals surface area contributed by atoms with E-state index in [0.29, 0.717) is 13.0 Å². The Bertz CT molecular complexity index is 1300. The molecule has 0 amide bonds. The Labute approximate surface area is 214 Å². The van der Waals surface area contributed by atoms with Gasteiger partial charge in [0.1, 0.15) is 34.6 Å². The molecule has 1 aliphatic rings. The van der Waals surface area contributed by atoms with E-state index in [2.05, 4.69) is 9.47 Å². The molecular formula is C26H18F10O3. The maximum Gasteiger partial charge on any atom is 0.432 e. The van der Waals surface area contributed by atoms with Crippen molar-refractivity contribution in [3.05, 3.63) is 82.4 Å². The Morgan fingerprint density at radius 2 is 1.36 bits per heavy atom. The lowest BCUT2D eigenvalue weighted by atomic mass is 9.93. The summed E-state index contributed by atoms with van der Waals surface area (Å²) >= 11 is 0. The molecule has 1 saturated heterocycles. The van der Waals surface area contributed by atoms with Crippen LogP contribution >= 0.6 is 0 Å². The third-order valence-electron chi connectivity index (χ3n) is 5.99. The molecule has 13 heteroatoms. The molecule has 1 heterocycles. The molecule has 4 rings (SSSR count). The van der Waals surface area contributed by atoms with Crippen LogP contribution < -0.4 is 9.47 Å². The summed E-state index contributed by atoms with van der Waals surface area (Å²) in [6.45, 7) is -1.32. The second-order valence-electron chi connectivity index (χ2n) is 8.89. The molecule has 0 bridgehead atoms. The number of hydrogen-bond acceptors (Lipinski definition) is 3. The van der Waals surface area contributed by atoms with Crippen molar-refractivity contribution >= 4 is 0 Å². The third-order valence-corrected chi connectivity index (χ3v) is 5.99. The molecule has 39 heavy (non-hydrogen) atoms. The standard InChI is InChI=1S/C26H18F10O3/c1-11-2-3-21(37-10-11)12-4-15(27)22(16(28)5-12)13-6-17(29)23(18(30)7-13)26(35,36)39-14-8-19(31)24(20(32)9-14)38-25(33)34/h4-9,11,21,25H,2-3,10H2,1H3. The maximum atomic E-state index is 14.9. The summed E-state index contributed by atoms with van der Waals surface area (Å²) in [7, 11) is 0. The minimum atomic E-state index is -4.91. The highest BCUT2D eigenvalue weighted by atomic mass is 19.3. The van der Waals surface area contributed by atoms with Crippen LogP contribution in [-0.4, -0.2) is 13.2 Å². The molecule has 3 nitrogen and oxygen atoms in total. The first-order valence-corrected chi connectivity index (χ1v) is 11.4. The van der Waals surface area contributed by atoms with E-state index in [1.54, 1.807) is 0 Å². The smallest absolute Gasteiger partial charge is 0.429 e. The van der Waals surface area contributed by atoms with Gasteiger partial charge in [-0.05, 0) is 54.2 Å². The summed E-state index contributed by atoms with van der Waals surface area (Å²) < 4.78 is 154. The molecule has 0 aliphatic carbocycles. The molecule has 3 aromatic rings. The molecule has 0 aromatic heterocycles. The summed E-state index contributed by atoms with van der Waals surface area (Å²) in [6, 6.07) is 2.37. The molecular weight excluding hydrogens is 550 g/mol. The minimum absolute atomic E-state index is 0.0296. The Balaban J connectivity index is 1.63. The normalized spacial score (nSPS) is 17.9. The van der Waals surface area contributed by atoms with Gasteiger partial charge in [0.25, 0.3) is 0 Å². The lowest BCUT2D eigenvalue weighted by Crippen LogP contribution is -2.25. The quantitative estimate of drug-likeness (QED) is 0.268. The number of rotatable bonds is 7. The van der Waals surface area contributed by atoms with E-state index >= 15 is 0 Å². The molecule has 1 fully saturated rings. The van der Waals surface area contributed by atoms with Crippen LogP contribution in [0.1, 0.15) is 37.0 Å². The first-order chi connectivity index (χ1) is 18.3. The van der Waals surface area contributed by atoms with E-state index in [-0.39, 0.29) is 35.7 Å². The van der Waals surface area contributed by atoms with Gasteiger partial charge in [-0.3, -0.25) is 0 Å². The summed E-state index contributed by atoms with van der Waals surface area (Å²) in [4.78, 5) is 0. The van der Waals surface area contributed by atoms with Gasteiger partial charge in [0.2, 0.25) is 0 Å². The van der Waals surface area contributed by atoms with Crippen LogP contribution in [0.2, 0.25) is 0 Å². The van der Waals surface area contributed by atoms with Gasteiger partial charge in [-0.2, -0.15) is 17.6 Å². The predicted octanol–water partition coefficient (Wildman–Crippen LogP) is 8.41. The highest BCUT2D eigenvalue weighted by Crippen LogP contribution is 2.40. The first-order valence-electron chi connectivity index (χ1n) is 11.4. The zero-order valence-corrected chi connectivity index (χ0v) is 19.8. The predicted molar refractivity (Wildman–Crippen MR) is 116 cm³/mol. The fraction of sp³-hybridized carbons (Fsp3) is 0.308. The van der Waals surface area contributed by atoms with E-state index in [1.165, 1.54) is 0 Å². The van der Waals surface area contributed by atoms with E-state index in [9.17, 15) is 43.9 Å². The van der Waals surface area contributed by atoms with Crippen LogP contribution in [0.25, 0.3) is 11.1 Å². The van der Waals surface area contributed by atoms with Crippen molar-refractivity contribution in [1.29, 1.82) is 0 Å². The van der Waals surface area contributed by atoms with Crippen LogP contribution in [0.5, 0.6) is 11.5 Å². The molecule has 0 N–H and O–H groups in total. The number of alkyl halides is 4. The molecule has 2 unspecified atom stereocenters. The lowest BCUT2D eigenvalue weighted by molar-refractivity contribution is -0.189. The summed E-state index contributed by atoms with van der Waals surface area (Å²) in [6.07, 6.45) is -4.27. The highest BCUT2D eigenvalue weighted by molar-refractivity contribution is 5.66. The van der Waals surface area contributed by atoms with E-state index < -0.39 is 81.9 Å². The van der Waals surface area contributed by atoms with Crippen molar-refractivity contribution in [3.8, 4) is 22.6 Å². The number of hydrogen-bond donors (Lipinski definition) is 0. The SMILES string of the molecule is CC1CCC(c2cc(F)c(-c3cc(F)c(C(F)(F)Oc4cc(F)c(OC(F)F)c(F)c4)c(F)c3)c(F)c2)OC1. The Kier molecular flexibility index (Phi) is 8.01. The van der Waals surface area contributed by atoms with Crippen molar-refractivity contribution < 1.29 is 58.1 Å². The monoisotopic (exact) mass is 568 g/mol. The van der Waals surface area contributed by atoms with Crippen molar-refractivity contribution in [2.24, 2.45) is 5.92 Å². The van der Waals surface area contributed by atoms with Crippen LogP contribution in [0.15, 0.2) is 36.4 Å². The summed E-state index contributed by atoms with van der Waals surface area (Å²) in [5, 5.41) is 0. The van der Waals surface area contributed by atoms with Crippen LogP contribution in [-0.2, 0) is 10.8 Å². The topological polar surface area (TPSA) is 27.7 Å². The first kappa shape index (κ1) is 28.5. The zero-order valence-electron chi connectivity index (χ0n) is 19.8. The summed E-state index contributed by atoms with van der Waals surface area (Å²) in [5.74, 6) is -12.8. The molecule has 0 saturated carbocycles. The molecule has 0 spiro atoms. The Hall–Kier alpha value is -3.48. The van der Waals surface area contributed by atoms with Crippen molar-refractivity contribution in [2.75, 3.05) is 6.61 Å². The summed E-state index contributed by atoms with van der Waals surface area (Å²) in [5.41, 5.74) is -3.53. The fourth-order valence-electron chi connectivity index (χ4n) is 4.19. The molecule has 2 atom stereocenters. The van der Waals surface area contributed by atoms with Crippen LogP contribution in [0.3, 0.4) is 0 Å². The second kappa shape index (κ2) is 10.9. The van der Waals surface area contributed by atoms with Crippen molar-refractivity contribution in [1.82, 2.24) is 0 Å². The average Bonchev–Trinajstić information content (AvgIpc) is 2.80. The highest BCUT2D eigenvalue weighted by Gasteiger charge is 2.42. The Morgan fingerprint density at radius 1 is 0.795 bits per heavy atom. The van der Waals surface area contributed by atoms with E-state index in [0.717, 1.165) is 18.6 Å². The zero-order chi connectivity index (χ0) is 28.6. The van der Waals surface area contributed by atoms with Gasteiger partial charge in [0.15, 0.2) is 17.4 Å². The fourth-order valence-corrected chi connectivity index (χ4v) is 4.19. The van der Waals surface area contributed by atoms with Gasteiger partial charge >= 0.3 is 12.7 Å². The van der Waals surface area contributed by atoms with Crippen LogP contribution in [0.4, 0.5) is 43.9 Å². The van der Waals surface area contributed by atoms with Gasteiger partial charge in [-0.15, -0.1) is 0 Å². The number of benzene rings is 3. The van der Waals surface area contributed by atoms with Gasteiger partial charge in [0.05, 0.1) is 11.7 Å². The van der Waals surface area contributed by atoms with Gasteiger partial charge in [-0.1, -0.05) is 6.92 Å². The van der Waals surface area contributed by atoms with Crippen molar-refractivity contribution in [3.63, 3.8) is 0 Å².